The van der Waals surface area contributed by atoms with Gasteiger partial charge in [0.2, 0.25) is 12.0 Å². The molecule has 2 rings (SSSR count). The average Bonchev–Trinajstić information content (AvgIpc) is 2.71. The highest BCUT2D eigenvalue weighted by Gasteiger charge is 2.09. The quantitative estimate of drug-likeness (QED) is 0.253. The molecule has 0 aliphatic carbocycles. The van der Waals surface area contributed by atoms with Crippen LogP contribution in [0.5, 0.6) is 5.75 Å². The van der Waals surface area contributed by atoms with Gasteiger partial charge in [-0.25, -0.2) is 13.2 Å². The molecule has 1 amide bonds. The molecule has 158 valence electrons. The third-order valence-corrected chi connectivity index (χ3v) is 4.98. The smallest absolute Gasteiger partial charge is 0.240 e. The fourth-order valence-corrected chi connectivity index (χ4v) is 2.97. The van der Waals surface area contributed by atoms with E-state index in [1.54, 1.807) is 48.5 Å². The molecule has 2 aromatic rings. The van der Waals surface area contributed by atoms with E-state index in [1.807, 2.05) is 0 Å². The Morgan fingerprint density at radius 2 is 1.63 bits per heavy atom. The van der Waals surface area contributed by atoms with E-state index >= 15 is 0 Å². The Labute approximate surface area is 174 Å². The van der Waals surface area contributed by atoms with E-state index in [0.717, 1.165) is 6.26 Å². The lowest BCUT2D eigenvalue weighted by Gasteiger charge is -2.08. The van der Waals surface area contributed by atoms with Crippen molar-refractivity contribution in [3.8, 4) is 5.75 Å². The van der Waals surface area contributed by atoms with E-state index in [-0.39, 0.29) is 30.4 Å². The molecule has 0 aromatic heterocycles. The maximum absolute atomic E-state index is 12.5. The van der Waals surface area contributed by atoms with Gasteiger partial charge in [0, 0.05) is 30.3 Å². The Balaban J connectivity index is 1.77. The van der Waals surface area contributed by atoms with Crippen LogP contribution in [-0.4, -0.2) is 51.3 Å². The second-order valence-electron chi connectivity index (χ2n) is 6.54. The number of carbonyl (C=O) groups excluding carboxylic acids is 3. The molecule has 8 nitrogen and oxygen atoms in total. The van der Waals surface area contributed by atoms with Gasteiger partial charge < -0.3 is 10.1 Å². The molecule has 0 atom stereocenters. The van der Waals surface area contributed by atoms with E-state index in [0.29, 0.717) is 35.6 Å². The number of nitrogens with zero attached hydrogens (tertiary/aromatic N) is 1. The van der Waals surface area contributed by atoms with Gasteiger partial charge in [-0.2, -0.15) is 4.99 Å². The maximum atomic E-state index is 12.5. The Kier molecular flexibility index (Phi) is 8.46. The number of aliphatic imine (C=N–C) groups is 1. The highest BCUT2D eigenvalue weighted by atomic mass is 32.2. The molecule has 1 N–H and O–H groups in total. The zero-order valence-electron chi connectivity index (χ0n) is 16.5. The Hall–Kier alpha value is -3.29. The van der Waals surface area contributed by atoms with Gasteiger partial charge >= 0.3 is 0 Å². The fraction of sp³-hybridized carbons (Fsp3) is 0.286. The van der Waals surface area contributed by atoms with Crippen molar-refractivity contribution in [3.05, 3.63) is 59.7 Å². The number of sulfone groups is 1. The molecule has 9 heteroatoms. The Morgan fingerprint density at radius 1 is 1.03 bits per heavy atom. The van der Waals surface area contributed by atoms with Crippen molar-refractivity contribution in [2.75, 3.05) is 25.2 Å². The third kappa shape index (κ3) is 7.98. The van der Waals surface area contributed by atoms with Crippen molar-refractivity contribution in [2.45, 2.75) is 12.8 Å². The highest BCUT2D eigenvalue weighted by molar-refractivity contribution is 7.90. The van der Waals surface area contributed by atoms with Crippen LogP contribution in [-0.2, 0) is 19.4 Å². The van der Waals surface area contributed by atoms with Crippen LogP contribution in [0.3, 0.4) is 0 Å². The molecule has 0 aliphatic rings. The Bertz CT molecular complexity index is 1020. The summed E-state index contributed by atoms with van der Waals surface area (Å²) in [5.74, 6) is 0.0821. The van der Waals surface area contributed by atoms with Crippen LogP contribution in [0.25, 0.3) is 0 Å². The molecular formula is C21H22N2O6S. The van der Waals surface area contributed by atoms with Gasteiger partial charge in [-0.05, 0) is 55.0 Å². The van der Waals surface area contributed by atoms with E-state index in [1.165, 1.54) is 6.08 Å². The molecule has 0 radical (unpaired) electrons. The topological polar surface area (TPSA) is 119 Å². The summed E-state index contributed by atoms with van der Waals surface area (Å²) in [4.78, 5) is 37.8. The molecule has 0 heterocycles. The van der Waals surface area contributed by atoms with Crippen molar-refractivity contribution in [3.63, 3.8) is 0 Å². The molecule has 2 aromatic carbocycles. The SMILES string of the molecule is CS(=O)(=O)CCNC(=O)CCCOc1ccc(C(=O)c2ccc(N=C=O)cc2)cc1. The Morgan fingerprint density at radius 3 is 2.20 bits per heavy atom. The number of rotatable bonds is 11. The molecule has 30 heavy (non-hydrogen) atoms. The summed E-state index contributed by atoms with van der Waals surface area (Å²) in [6.45, 7) is 0.409. The third-order valence-electron chi connectivity index (χ3n) is 4.03. The minimum absolute atomic E-state index is 0.0862. The summed E-state index contributed by atoms with van der Waals surface area (Å²) < 4.78 is 27.6. The first-order valence-corrected chi connectivity index (χ1v) is 11.2. The van der Waals surface area contributed by atoms with Gasteiger partial charge in [0.15, 0.2) is 5.78 Å². The summed E-state index contributed by atoms with van der Waals surface area (Å²) in [5, 5.41) is 2.55. The number of benzene rings is 2. The minimum Gasteiger partial charge on any atom is -0.494 e. The van der Waals surface area contributed by atoms with Crippen LogP contribution in [0, 0.1) is 0 Å². The fourth-order valence-electron chi connectivity index (χ4n) is 2.50. The van der Waals surface area contributed by atoms with Gasteiger partial charge in [0.25, 0.3) is 0 Å². The maximum Gasteiger partial charge on any atom is 0.240 e. The van der Waals surface area contributed by atoms with Crippen molar-refractivity contribution < 1.29 is 27.5 Å². The molecular weight excluding hydrogens is 408 g/mol. The first-order valence-electron chi connectivity index (χ1n) is 9.18. The van der Waals surface area contributed by atoms with E-state index in [9.17, 15) is 22.8 Å². The number of hydrogen-bond donors (Lipinski definition) is 1. The standard InChI is InChI=1S/C21H22N2O6S/c1-30(27,28)14-12-22-20(25)3-2-13-29-19-10-6-17(7-11-19)21(26)16-4-8-18(9-5-16)23-15-24/h4-11H,2-3,12-14H2,1H3,(H,22,25). The lowest BCUT2D eigenvalue weighted by molar-refractivity contribution is -0.121. The van der Waals surface area contributed by atoms with Gasteiger partial charge in [0.1, 0.15) is 15.6 Å². The molecule has 0 aliphatic heterocycles. The first kappa shape index (κ1) is 23.0. The van der Waals surface area contributed by atoms with Crippen molar-refractivity contribution in [1.82, 2.24) is 5.32 Å². The number of ether oxygens (including phenoxy) is 1. The summed E-state index contributed by atoms with van der Waals surface area (Å²) in [7, 11) is -3.09. The summed E-state index contributed by atoms with van der Waals surface area (Å²) >= 11 is 0. The minimum atomic E-state index is -3.09. The number of amides is 1. The van der Waals surface area contributed by atoms with Crippen molar-refractivity contribution in [1.29, 1.82) is 0 Å². The second kappa shape index (κ2) is 11.0. The molecule has 0 spiro atoms. The van der Waals surface area contributed by atoms with Crippen LogP contribution < -0.4 is 10.1 Å². The van der Waals surface area contributed by atoms with Crippen molar-refractivity contribution in [2.24, 2.45) is 4.99 Å². The van der Waals surface area contributed by atoms with E-state index in [4.69, 9.17) is 4.74 Å². The van der Waals surface area contributed by atoms with Gasteiger partial charge in [-0.15, -0.1) is 0 Å². The average molecular weight is 430 g/mol. The summed E-state index contributed by atoms with van der Waals surface area (Å²) in [5.41, 5.74) is 1.38. The molecule has 0 saturated carbocycles. The summed E-state index contributed by atoms with van der Waals surface area (Å²) in [6, 6.07) is 12.9. The highest BCUT2D eigenvalue weighted by Crippen LogP contribution is 2.18. The predicted molar refractivity (Wildman–Crippen MR) is 112 cm³/mol. The zero-order valence-corrected chi connectivity index (χ0v) is 17.3. The largest absolute Gasteiger partial charge is 0.494 e. The van der Waals surface area contributed by atoms with Crippen LogP contribution in [0.1, 0.15) is 28.8 Å². The van der Waals surface area contributed by atoms with Crippen LogP contribution in [0.15, 0.2) is 53.5 Å². The molecule has 0 saturated heterocycles. The number of nitrogens with one attached hydrogen (secondary N) is 1. The molecule has 0 bridgehead atoms. The van der Waals surface area contributed by atoms with E-state index in [2.05, 4.69) is 10.3 Å². The lowest BCUT2D eigenvalue weighted by atomic mass is 10.0. The van der Waals surface area contributed by atoms with Gasteiger partial charge in [-0.3, -0.25) is 9.59 Å². The number of isocyanates is 1. The van der Waals surface area contributed by atoms with E-state index < -0.39 is 9.84 Å². The van der Waals surface area contributed by atoms with Crippen LogP contribution >= 0.6 is 0 Å². The number of hydrogen-bond acceptors (Lipinski definition) is 7. The van der Waals surface area contributed by atoms with Gasteiger partial charge in [-0.1, -0.05) is 0 Å². The van der Waals surface area contributed by atoms with Crippen molar-refractivity contribution >= 4 is 33.3 Å². The first-order chi connectivity index (χ1) is 14.3. The number of carbonyl (C=O) groups is 2. The number of ketones is 1. The second-order valence-corrected chi connectivity index (χ2v) is 8.80. The predicted octanol–water partition coefficient (Wildman–Crippen LogP) is 2.20. The van der Waals surface area contributed by atoms with Crippen LogP contribution in [0.2, 0.25) is 0 Å². The summed E-state index contributed by atoms with van der Waals surface area (Å²) in [6.07, 6.45) is 3.26. The zero-order chi connectivity index (χ0) is 22.0. The lowest BCUT2D eigenvalue weighted by Crippen LogP contribution is -2.28. The monoisotopic (exact) mass is 430 g/mol. The molecule has 0 unspecified atom stereocenters. The van der Waals surface area contributed by atoms with Gasteiger partial charge in [0.05, 0.1) is 18.0 Å². The molecule has 0 fully saturated rings. The normalized spacial score (nSPS) is 10.7. The van der Waals surface area contributed by atoms with Crippen LogP contribution in [0.4, 0.5) is 5.69 Å².